The first-order valence-electron chi connectivity index (χ1n) is 6.41. The average Bonchev–Trinajstić information content (AvgIpc) is 2.81. The van der Waals surface area contributed by atoms with Crippen LogP contribution in [0.3, 0.4) is 0 Å². The maximum absolute atomic E-state index is 9.18. The summed E-state index contributed by atoms with van der Waals surface area (Å²) in [6.07, 6.45) is 7.78. The highest BCUT2D eigenvalue weighted by atomic mass is 16.3. The fourth-order valence-corrected chi connectivity index (χ4v) is 2.65. The third-order valence-electron chi connectivity index (χ3n) is 3.87. The van der Waals surface area contributed by atoms with E-state index in [2.05, 4.69) is 15.0 Å². The number of anilines is 1. The molecule has 2 aromatic heterocycles. The summed E-state index contributed by atoms with van der Waals surface area (Å²) in [4.78, 5) is 6.66. The van der Waals surface area contributed by atoms with Crippen molar-refractivity contribution in [2.75, 3.05) is 24.6 Å². The predicted molar refractivity (Wildman–Crippen MR) is 70.5 cm³/mol. The Morgan fingerprint density at radius 3 is 2.78 bits per heavy atom. The summed E-state index contributed by atoms with van der Waals surface area (Å²) in [6, 6.07) is 0. The van der Waals surface area contributed by atoms with Crippen molar-refractivity contribution in [3.05, 3.63) is 18.6 Å². The van der Waals surface area contributed by atoms with E-state index in [1.807, 2.05) is 30.3 Å². The Morgan fingerprint density at radius 1 is 1.28 bits per heavy atom. The number of piperidine rings is 1. The van der Waals surface area contributed by atoms with Gasteiger partial charge in [0.1, 0.15) is 0 Å². The largest absolute Gasteiger partial charge is 0.396 e. The van der Waals surface area contributed by atoms with Crippen LogP contribution in [0.1, 0.15) is 12.8 Å². The molecule has 1 aliphatic heterocycles. The number of hydrogen-bond donors (Lipinski definition) is 1. The molecule has 96 valence electrons. The Bertz CT molecular complexity index is 543. The third kappa shape index (κ3) is 1.84. The molecule has 18 heavy (non-hydrogen) atoms. The number of fused-ring (bicyclic) bond motifs is 1. The van der Waals surface area contributed by atoms with Crippen molar-refractivity contribution in [2.24, 2.45) is 13.0 Å². The fourth-order valence-electron chi connectivity index (χ4n) is 2.65. The molecule has 0 aromatic carbocycles. The Morgan fingerprint density at radius 2 is 2.06 bits per heavy atom. The number of aliphatic hydroxyl groups excluding tert-OH is 1. The molecule has 0 radical (unpaired) electrons. The summed E-state index contributed by atoms with van der Waals surface area (Å²) in [5, 5.41) is 14.6. The molecule has 3 rings (SSSR count). The molecule has 1 saturated heterocycles. The molecule has 0 amide bonds. The van der Waals surface area contributed by atoms with Gasteiger partial charge in [0, 0.05) is 32.1 Å². The number of aliphatic hydroxyl groups is 1. The fraction of sp³-hybridized carbons (Fsp3) is 0.538. The maximum atomic E-state index is 9.18. The minimum absolute atomic E-state index is 0.309. The molecule has 1 fully saturated rings. The van der Waals surface area contributed by atoms with E-state index < -0.39 is 0 Å². The zero-order valence-electron chi connectivity index (χ0n) is 10.6. The summed E-state index contributed by atoms with van der Waals surface area (Å²) in [5.41, 5.74) is 2.23. The van der Waals surface area contributed by atoms with Crippen molar-refractivity contribution in [1.82, 2.24) is 14.8 Å². The van der Waals surface area contributed by atoms with Gasteiger partial charge in [-0.3, -0.25) is 9.67 Å². The Hall–Kier alpha value is -1.62. The van der Waals surface area contributed by atoms with Crippen LogP contribution in [-0.2, 0) is 7.05 Å². The van der Waals surface area contributed by atoms with Gasteiger partial charge in [0.05, 0.1) is 29.8 Å². The molecule has 0 saturated carbocycles. The SMILES string of the molecule is Cn1ncc2c(N3CCC(CO)CC3)cncc21. The standard InChI is InChI=1S/C13H18N4O/c1-16-12-7-14-8-13(11(12)6-15-16)17-4-2-10(9-18)3-5-17/h6-8,10,18H,2-5,9H2,1H3. The second-order valence-electron chi connectivity index (χ2n) is 4.97. The van der Waals surface area contributed by atoms with Gasteiger partial charge in [0.25, 0.3) is 0 Å². The molecule has 1 aliphatic rings. The van der Waals surface area contributed by atoms with Crippen LogP contribution in [0.4, 0.5) is 5.69 Å². The van der Waals surface area contributed by atoms with E-state index in [4.69, 9.17) is 0 Å². The molecule has 0 bridgehead atoms. The van der Waals surface area contributed by atoms with Gasteiger partial charge >= 0.3 is 0 Å². The molecule has 0 unspecified atom stereocenters. The summed E-state index contributed by atoms with van der Waals surface area (Å²) in [7, 11) is 1.94. The Kier molecular flexibility index (Phi) is 2.91. The zero-order valence-corrected chi connectivity index (χ0v) is 10.6. The highest BCUT2D eigenvalue weighted by Gasteiger charge is 2.20. The van der Waals surface area contributed by atoms with Crippen LogP contribution < -0.4 is 4.90 Å². The third-order valence-corrected chi connectivity index (χ3v) is 3.87. The van der Waals surface area contributed by atoms with Crippen LogP contribution >= 0.6 is 0 Å². The number of hydrogen-bond acceptors (Lipinski definition) is 4. The topological polar surface area (TPSA) is 54.2 Å². The van der Waals surface area contributed by atoms with Crippen molar-refractivity contribution < 1.29 is 5.11 Å². The lowest BCUT2D eigenvalue weighted by Gasteiger charge is -2.32. The lowest BCUT2D eigenvalue weighted by molar-refractivity contribution is 0.203. The van der Waals surface area contributed by atoms with Gasteiger partial charge in [0.15, 0.2) is 0 Å². The lowest BCUT2D eigenvalue weighted by Crippen LogP contribution is -2.34. The van der Waals surface area contributed by atoms with Gasteiger partial charge in [0.2, 0.25) is 0 Å². The quantitative estimate of drug-likeness (QED) is 0.864. The normalized spacial score (nSPS) is 17.6. The summed E-state index contributed by atoms with van der Waals surface area (Å²) >= 11 is 0. The molecular weight excluding hydrogens is 228 g/mol. The average molecular weight is 246 g/mol. The molecule has 2 aromatic rings. The number of pyridine rings is 1. The molecule has 0 spiro atoms. The minimum atomic E-state index is 0.309. The van der Waals surface area contributed by atoms with Gasteiger partial charge in [-0.2, -0.15) is 5.10 Å². The van der Waals surface area contributed by atoms with E-state index in [1.165, 1.54) is 0 Å². The minimum Gasteiger partial charge on any atom is -0.396 e. The highest BCUT2D eigenvalue weighted by molar-refractivity contribution is 5.90. The van der Waals surface area contributed by atoms with Gasteiger partial charge in [-0.25, -0.2) is 0 Å². The van der Waals surface area contributed by atoms with Crippen LogP contribution in [0.5, 0.6) is 0 Å². The first kappa shape index (κ1) is 11.5. The number of nitrogens with zero attached hydrogens (tertiary/aromatic N) is 4. The zero-order chi connectivity index (χ0) is 12.5. The van der Waals surface area contributed by atoms with Crippen molar-refractivity contribution in [3.8, 4) is 0 Å². The molecule has 5 heteroatoms. The van der Waals surface area contributed by atoms with E-state index in [9.17, 15) is 5.11 Å². The highest BCUT2D eigenvalue weighted by Crippen LogP contribution is 2.28. The first-order chi connectivity index (χ1) is 8.79. The predicted octanol–water partition coefficient (Wildman–Crippen LogP) is 1.18. The maximum Gasteiger partial charge on any atom is 0.0883 e. The van der Waals surface area contributed by atoms with E-state index in [1.54, 1.807) is 0 Å². The van der Waals surface area contributed by atoms with Crippen LogP contribution in [0.2, 0.25) is 0 Å². The van der Waals surface area contributed by atoms with Gasteiger partial charge < -0.3 is 10.0 Å². The van der Waals surface area contributed by atoms with Gasteiger partial charge in [-0.1, -0.05) is 0 Å². The summed E-state index contributed by atoms with van der Waals surface area (Å²) < 4.78 is 1.85. The lowest BCUT2D eigenvalue weighted by atomic mass is 9.97. The van der Waals surface area contributed by atoms with E-state index in [0.29, 0.717) is 12.5 Å². The van der Waals surface area contributed by atoms with Gasteiger partial charge in [-0.05, 0) is 18.8 Å². The van der Waals surface area contributed by atoms with E-state index >= 15 is 0 Å². The van der Waals surface area contributed by atoms with E-state index in [-0.39, 0.29) is 0 Å². The number of aromatic nitrogens is 3. The number of rotatable bonds is 2. The second kappa shape index (κ2) is 4.57. The Balaban J connectivity index is 1.91. The molecule has 5 nitrogen and oxygen atoms in total. The van der Waals surface area contributed by atoms with Crippen LogP contribution in [0.15, 0.2) is 18.6 Å². The van der Waals surface area contributed by atoms with E-state index in [0.717, 1.165) is 42.5 Å². The summed E-state index contributed by atoms with van der Waals surface area (Å²) in [6.45, 7) is 2.28. The number of aryl methyl sites for hydroxylation is 1. The van der Waals surface area contributed by atoms with Crippen molar-refractivity contribution in [2.45, 2.75) is 12.8 Å². The first-order valence-corrected chi connectivity index (χ1v) is 6.41. The van der Waals surface area contributed by atoms with Crippen LogP contribution in [0, 0.1) is 5.92 Å². The van der Waals surface area contributed by atoms with Gasteiger partial charge in [-0.15, -0.1) is 0 Å². The molecule has 3 heterocycles. The second-order valence-corrected chi connectivity index (χ2v) is 4.97. The van der Waals surface area contributed by atoms with Crippen LogP contribution in [-0.4, -0.2) is 39.6 Å². The molecule has 0 aliphatic carbocycles. The summed E-state index contributed by atoms with van der Waals surface area (Å²) in [5.74, 6) is 0.460. The van der Waals surface area contributed by atoms with Crippen molar-refractivity contribution in [3.63, 3.8) is 0 Å². The molecular formula is C13H18N4O. The van der Waals surface area contributed by atoms with Crippen molar-refractivity contribution in [1.29, 1.82) is 0 Å². The monoisotopic (exact) mass is 246 g/mol. The molecule has 0 atom stereocenters. The van der Waals surface area contributed by atoms with Crippen LogP contribution in [0.25, 0.3) is 10.9 Å². The molecule has 1 N–H and O–H groups in total. The smallest absolute Gasteiger partial charge is 0.0883 e. The Labute approximate surface area is 106 Å². The van der Waals surface area contributed by atoms with Crippen molar-refractivity contribution >= 4 is 16.6 Å².